The van der Waals surface area contributed by atoms with Crippen molar-refractivity contribution in [3.63, 3.8) is 0 Å². The molecule has 0 spiro atoms. The van der Waals surface area contributed by atoms with E-state index in [-0.39, 0.29) is 11.1 Å². The van der Waals surface area contributed by atoms with E-state index in [1.54, 1.807) is 14.0 Å². The molecular formula is C24H35NO4Si. The van der Waals surface area contributed by atoms with Crippen LogP contribution < -0.4 is 15.7 Å². The van der Waals surface area contributed by atoms with Crippen molar-refractivity contribution in [2.45, 2.75) is 58.4 Å². The van der Waals surface area contributed by atoms with Gasteiger partial charge in [-0.2, -0.15) is 0 Å². The molecule has 30 heavy (non-hydrogen) atoms. The Morgan fingerprint density at radius 3 is 1.90 bits per heavy atom. The van der Waals surface area contributed by atoms with Crippen LogP contribution in [0.25, 0.3) is 0 Å². The Hall–Kier alpha value is -2.15. The summed E-state index contributed by atoms with van der Waals surface area (Å²) in [5.41, 5.74) is 0. The van der Waals surface area contributed by atoms with Crippen LogP contribution >= 0.6 is 0 Å². The van der Waals surface area contributed by atoms with Crippen LogP contribution in [0.1, 0.15) is 41.0 Å². The van der Waals surface area contributed by atoms with Gasteiger partial charge in [-0.1, -0.05) is 81.4 Å². The van der Waals surface area contributed by atoms with Gasteiger partial charge in [0, 0.05) is 19.6 Å². The summed E-state index contributed by atoms with van der Waals surface area (Å²) in [6.45, 7) is 10.9. The van der Waals surface area contributed by atoms with Crippen LogP contribution in [-0.2, 0) is 13.9 Å². The zero-order chi connectivity index (χ0) is 22.2. The summed E-state index contributed by atoms with van der Waals surface area (Å²) in [5, 5.41) is 5.09. The summed E-state index contributed by atoms with van der Waals surface area (Å²) >= 11 is 0. The zero-order valence-corrected chi connectivity index (χ0v) is 20.0. The number of rotatable bonds is 9. The lowest BCUT2D eigenvalue weighted by Crippen LogP contribution is -2.67. The van der Waals surface area contributed by atoms with Gasteiger partial charge in [-0.3, -0.25) is 5.32 Å². The lowest BCUT2D eigenvalue weighted by molar-refractivity contribution is 0.0307. The van der Waals surface area contributed by atoms with Crippen LogP contribution in [0.15, 0.2) is 60.7 Å². The van der Waals surface area contributed by atoms with E-state index in [2.05, 4.69) is 74.6 Å². The molecule has 2 aromatic rings. The van der Waals surface area contributed by atoms with Gasteiger partial charge in [-0.25, -0.2) is 4.79 Å². The van der Waals surface area contributed by atoms with Crippen molar-refractivity contribution in [1.29, 1.82) is 0 Å². The molecule has 6 heteroatoms. The minimum atomic E-state index is -2.65. The summed E-state index contributed by atoms with van der Waals surface area (Å²) < 4.78 is 17.5. The maximum Gasteiger partial charge on any atom is 0.409 e. The monoisotopic (exact) mass is 429 g/mol. The van der Waals surface area contributed by atoms with E-state index in [1.165, 1.54) is 10.4 Å². The topological polar surface area (TPSA) is 56.8 Å². The van der Waals surface area contributed by atoms with Crippen LogP contribution in [0, 0.1) is 0 Å². The van der Waals surface area contributed by atoms with Crippen molar-refractivity contribution in [2.75, 3.05) is 13.7 Å². The Balaban J connectivity index is 2.39. The quantitative estimate of drug-likeness (QED) is 0.482. The van der Waals surface area contributed by atoms with Crippen molar-refractivity contribution in [3.05, 3.63) is 60.7 Å². The molecule has 2 atom stereocenters. The predicted molar refractivity (Wildman–Crippen MR) is 124 cm³/mol. The fraction of sp³-hybridized carbons (Fsp3) is 0.458. The molecule has 0 saturated carbocycles. The zero-order valence-electron chi connectivity index (χ0n) is 19.0. The fourth-order valence-electron chi connectivity index (χ4n) is 3.86. The van der Waals surface area contributed by atoms with Gasteiger partial charge in [0.05, 0.1) is 6.61 Å². The van der Waals surface area contributed by atoms with Crippen LogP contribution in [0.3, 0.4) is 0 Å². The molecule has 0 heterocycles. The molecular weight excluding hydrogens is 394 g/mol. The second-order valence-corrected chi connectivity index (χ2v) is 12.7. The Bertz CT molecular complexity index is 737. The maximum atomic E-state index is 11.8. The molecule has 0 radical (unpaired) electrons. The van der Waals surface area contributed by atoms with E-state index in [9.17, 15) is 4.79 Å². The second kappa shape index (κ2) is 10.7. The molecule has 0 aliphatic rings. The first kappa shape index (κ1) is 24.1. The van der Waals surface area contributed by atoms with Crippen LogP contribution in [-0.4, -0.2) is 40.5 Å². The normalized spacial score (nSPS) is 14.1. The smallest absolute Gasteiger partial charge is 0.409 e. The standard InChI is InChI=1S/C24H35NO4Si/c1-7-28-23(26)25-22(27-6)18-19(2)29-30(24(3,4)5,20-14-10-8-11-15-20)21-16-12-9-13-17-21/h8-17,19,22H,7,18H2,1-6H3,(H,25,26). The number of hydrogen-bond donors (Lipinski definition) is 1. The van der Waals surface area contributed by atoms with E-state index < -0.39 is 20.6 Å². The van der Waals surface area contributed by atoms with Crippen molar-refractivity contribution in [2.24, 2.45) is 0 Å². The minimum absolute atomic E-state index is 0.110. The summed E-state index contributed by atoms with van der Waals surface area (Å²) in [4.78, 5) is 11.8. The highest BCUT2D eigenvalue weighted by Gasteiger charge is 2.51. The second-order valence-electron chi connectivity index (χ2n) is 8.42. The number of methoxy groups -OCH3 is 1. The molecule has 5 nitrogen and oxygen atoms in total. The third kappa shape index (κ3) is 5.71. The molecule has 2 rings (SSSR count). The molecule has 2 aromatic carbocycles. The molecule has 0 aromatic heterocycles. The van der Waals surface area contributed by atoms with E-state index in [4.69, 9.17) is 13.9 Å². The molecule has 0 fully saturated rings. The van der Waals surface area contributed by atoms with E-state index >= 15 is 0 Å². The summed E-state index contributed by atoms with van der Waals surface area (Å²) in [6.07, 6.45) is -0.609. The fourth-order valence-corrected chi connectivity index (χ4v) is 8.58. The molecule has 2 unspecified atom stereocenters. The largest absolute Gasteiger partial charge is 0.450 e. The average molecular weight is 430 g/mol. The number of benzene rings is 2. The molecule has 0 aliphatic carbocycles. The molecule has 0 aliphatic heterocycles. The Morgan fingerprint density at radius 2 is 1.50 bits per heavy atom. The number of hydrogen-bond acceptors (Lipinski definition) is 4. The maximum absolute atomic E-state index is 11.8. The van der Waals surface area contributed by atoms with Gasteiger partial charge in [-0.15, -0.1) is 0 Å². The first-order chi connectivity index (χ1) is 14.2. The SMILES string of the molecule is CCOC(=O)NC(CC(C)O[Si](c1ccccc1)(c1ccccc1)C(C)(C)C)OC. The summed E-state index contributed by atoms with van der Waals surface area (Å²) in [6, 6.07) is 21.0. The lowest BCUT2D eigenvalue weighted by Gasteiger charge is -2.45. The highest BCUT2D eigenvalue weighted by molar-refractivity contribution is 6.99. The minimum Gasteiger partial charge on any atom is -0.450 e. The summed E-state index contributed by atoms with van der Waals surface area (Å²) in [7, 11) is -1.07. The average Bonchev–Trinajstić information content (AvgIpc) is 2.72. The Labute approximate surface area is 181 Å². The number of carbonyl (C=O) groups excluding carboxylic acids is 1. The van der Waals surface area contributed by atoms with E-state index in [0.29, 0.717) is 13.0 Å². The predicted octanol–water partition coefficient (Wildman–Crippen LogP) is 4.06. The van der Waals surface area contributed by atoms with Gasteiger partial charge in [0.2, 0.25) is 0 Å². The molecule has 0 bridgehead atoms. The van der Waals surface area contributed by atoms with Crippen molar-refractivity contribution in [3.8, 4) is 0 Å². The lowest BCUT2D eigenvalue weighted by atomic mass is 10.2. The van der Waals surface area contributed by atoms with Crippen molar-refractivity contribution in [1.82, 2.24) is 5.32 Å². The van der Waals surface area contributed by atoms with E-state index in [0.717, 1.165) is 0 Å². The number of alkyl carbamates (subject to hydrolysis) is 1. The third-order valence-corrected chi connectivity index (χ3v) is 10.3. The number of carbonyl (C=O) groups is 1. The Kier molecular flexibility index (Phi) is 8.64. The van der Waals surface area contributed by atoms with Crippen LogP contribution in [0.5, 0.6) is 0 Å². The van der Waals surface area contributed by atoms with Gasteiger partial charge < -0.3 is 13.9 Å². The van der Waals surface area contributed by atoms with Crippen molar-refractivity contribution < 1.29 is 18.7 Å². The van der Waals surface area contributed by atoms with Gasteiger partial charge >= 0.3 is 6.09 Å². The van der Waals surface area contributed by atoms with Crippen molar-refractivity contribution >= 4 is 24.8 Å². The number of amides is 1. The van der Waals surface area contributed by atoms with E-state index in [1.807, 2.05) is 19.1 Å². The molecule has 0 saturated heterocycles. The highest BCUT2D eigenvalue weighted by Crippen LogP contribution is 2.37. The summed E-state index contributed by atoms with van der Waals surface area (Å²) in [5.74, 6) is 0. The molecule has 1 N–H and O–H groups in total. The first-order valence-electron chi connectivity index (χ1n) is 10.5. The van der Waals surface area contributed by atoms with Gasteiger partial charge in [0.15, 0.2) is 0 Å². The number of nitrogens with one attached hydrogen (secondary N) is 1. The van der Waals surface area contributed by atoms with Crippen LogP contribution in [0.4, 0.5) is 4.79 Å². The van der Waals surface area contributed by atoms with Gasteiger partial charge in [0.1, 0.15) is 6.23 Å². The first-order valence-corrected chi connectivity index (χ1v) is 12.4. The van der Waals surface area contributed by atoms with Gasteiger partial charge in [0.25, 0.3) is 8.32 Å². The number of ether oxygens (including phenoxy) is 2. The van der Waals surface area contributed by atoms with Crippen LogP contribution in [0.2, 0.25) is 5.04 Å². The molecule has 1 amide bonds. The highest BCUT2D eigenvalue weighted by atomic mass is 28.4. The molecule has 164 valence electrons. The Morgan fingerprint density at radius 1 is 1.00 bits per heavy atom. The third-order valence-electron chi connectivity index (χ3n) is 5.18. The van der Waals surface area contributed by atoms with Gasteiger partial charge in [-0.05, 0) is 29.3 Å².